The summed E-state index contributed by atoms with van der Waals surface area (Å²) < 4.78 is 16.0. The molecular weight excluding hydrogens is 404 g/mol. The van der Waals surface area contributed by atoms with E-state index >= 15 is 0 Å². The summed E-state index contributed by atoms with van der Waals surface area (Å²) in [6, 6.07) is 8.84. The van der Waals surface area contributed by atoms with Crippen LogP contribution in [0.1, 0.15) is 16.7 Å². The molecule has 0 unspecified atom stereocenters. The number of amides is 2. The maximum absolute atomic E-state index is 13.3. The second kappa shape index (κ2) is 8.54. The summed E-state index contributed by atoms with van der Waals surface area (Å²) in [7, 11) is 4.50. The lowest BCUT2D eigenvalue weighted by atomic mass is 10.0. The molecule has 0 aliphatic carbocycles. The first-order chi connectivity index (χ1) is 14.3. The largest absolute Gasteiger partial charge is 0.496 e. The number of hydrogen-bond donors (Lipinski definition) is 1. The third-order valence-electron chi connectivity index (χ3n) is 4.95. The first kappa shape index (κ1) is 21.3. The van der Waals surface area contributed by atoms with Gasteiger partial charge in [-0.05, 0) is 55.4 Å². The first-order valence-electron chi connectivity index (χ1n) is 9.10. The number of aryl methyl sites for hydroxylation is 1. The summed E-state index contributed by atoms with van der Waals surface area (Å²) in [5, 5.41) is 2.63. The second-order valence-electron chi connectivity index (χ2n) is 6.63. The van der Waals surface area contributed by atoms with Crippen molar-refractivity contribution in [2.75, 3.05) is 26.2 Å². The van der Waals surface area contributed by atoms with Crippen molar-refractivity contribution in [2.24, 2.45) is 0 Å². The van der Waals surface area contributed by atoms with Gasteiger partial charge in [-0.3, -0.25) is 19.8 Å². The number of benzene rings is 2. The summed E-state index contributed by atoms with van der Waals surface area (Å²) in [6.07, 6.45) is 1.46. The van der Waals surface area contributed by atoms with Gasteiger partial charge in [-0.2, -0.15) is 0 Å². The van der Waals surface area contributed by atoms with E-state index in [1.165, 1.54) is 32.3 Å². The highest BCUT2D eigenvalue weighted by Gasteiger charge is 2.35. The van der Waals surface area contributed by atoms with Crippen LogP contribution in [0.4, 0.5) is 5.69 Å². The minimum atomic E-state index is -0.580. The Bertz CT molecular complexity index is 1080. The maximum Gasteiger partial charge on any atom is 0.270 e. The lowest BCUT2D eigenvalue weighted by Gasteiger charge is -2.30. The lowest BCUT2D eigenvalue weighted by molar-refractivity contribution is -0.122. The SMILES string of the molecule is COc1cc(OC)c(OC)cc1/C=C1\C(=O)NC(=S)N(c2cccc(C)c2C)C1=O. The van der Waals surface area contributed by atoms with Crippen molar-refractivity contribution in [1.82, 2.24) is 5.32 Å². The number of anilines is 1. The van der Waals surface area contributed by atoms with Crippen LogP contribution in [0, 0.1) is 13.8 Å². The number of rotatable bonds is 5. The Morgan fingerprint density at radius 1 is 0.967 bits per heavy atom. The van der Waals surface area contributed by atoms with Crippen LogP contribution in [0.5, 0.6) is 17.2 Å². The van der Waals surface area contributed by atoms with Gasteiger partial charge in [0.15, 0.2) is 16.6 Å². The topological polar surface area (TPSA) is 77.1 Å². The summed E-state index contributed by atoms with van der Waals surface area (Å²) in [5.41, 5.74) is 2.94. The number of carbonyl (C=O) groups excluding carboxylic acids is 2. The molecule has 1 aliphatic rings. The molecule has 1 fully saturated rings. The minimum absolute atomic E-state index is 0.0372. The molecule has 156 valence electrons. The van der Waals surface area contributed by atoms with E-state index in [2.05, 4.69) is 5.32 Å². The van der Waals surface area contributed by atoms with E-state index in [1.54, 1.807) is 18.2 Å². The predicted molar refractivity (Wildman–Crippen MR) is 118 cm³/mol. The monoisotopic (exact) mass is 426 g/mol. The number of thiocarbonyl (C=S) groups is 1. The Morgan fingerprint density at radius 3 is 2.23 bits per heavy atom. The molecule has 2 amide bonds. The van der Waals surface area contributed by atoms with Gasteiger partial charge >= 0.3 is 0 Å². The van der Waals surface area contributed by atoms with E-state index in [-0.39, 0.29) is 10.7 Å². The highest BCUT2D eigenvalue weighted by Crippen LogP contribution is 2.36. The highest BCUT2D eigenvalue weighted by molar-refractivity contribution is 7.80. The zero-order valence-electron chi connectivity index (χ0n) is 17.4. The standard InChI is InChI=1S/C22H22N2O5S/c1-12-7-6-8-16(13(12)2)24-21(26)15(20(25)23-22(24)30)9-14-10-18(28-4)19(29-5)11-17(14)27-3/h6-11H,1-5H3,(H,23,25,30)/b15-9+. The summed E-state index contributed by atoms with van der Waals surface area (Å²) in [6.45, 7) is 3.85. The van der Waals surface area contributed by atoms with E-state index in [1.807, 2.05) is 26.0 Å². The normalized spacial score (nSPS) is 15.3. The molecule has 7 nitrogen and oxygen atoms in total. The number of methoxy groups -OCH3 is 3. The number of ether oxygens (including phenoxy) is 3. The van der Waals surface area contributed by atoms with Crippen LogP contribution < -0.4 is 24.4 Å². The van der Waals surface area contributed by atoms with Gasteiger partial charge in [0, 0.05) is 11.6 Å². The number of nitrogens with one attached hydrogen (secondary N) is 1. The molecule has 1 aliphatic heterocycles. The maximum atomic E-state index is 13.3. The van der Waals surface area contributed by atoms with Crippen molar-refractivity contribution in [3.05, 3.63) is 52.6 Å². The fourth-order valence-corrected chi connectivity index (χ4v) is 3.45. The molecule has 0 saturated carbocycles. The van der Waals surface area contributed by atoms with Crippen LogP contribution >= 0.6 is 12.2 Å². The Morgan fingerprint density at radius 2 is 1.60 bits per heavy atom. The van der Waals surface area contributed by atoms with Gasteiger partial charge in [0.1, 0.15) is 11.3 Å². The van der Waals surface area contributed by atoms with E-state index in [4.69, 9.17) is 26.4 Å². The van der Waals surface area contributed by atoms with E-state index in [9.17, 15) is 9.59 Å². The number of hydrogen-bond acceptors (Lipinski definition) is 6. The molecule has 1 N–H and O–H groups in total. The van der Waals surface area contributed by atoms with Crippen LogP contribution in [-0.4, -0.2) is 38.3 Å². The van der Waals surface area contributed by atoms with Gasteiger partial charge in [0.05, 0.1) is 27.0 Å². The van der Waals surface area contributed by atoms with Crippen LogP contribution in [0.3, 0.4) is 0 Å². The minimum Gasteiger partial charge on any atom is -0.496 e. The van der Waals surface area contributed by atoms with Gasteiger partial charge < -0.3 is 14.2 Å². The fraction of sp³-hybridized carbons (Fsp3) is 0.227. The third-order valence-corrected chi connectivity index (χ3v) is 5.24. The van der Waals surface area contributed by atoms with Crippen molar-refractivity contribution in [3.63, 3.8) is 0 Å². The van der Waals surface area contributed by atoms with Crippen molar-refractivity contribution in [2.45, 2.75) is 13.8 Å². The van der Waals surface area contributed by atoms with Crippen LogP contribution in [0.25, 0.3) is 6.08 Å². The summed E-state index contributed by atoms with van der Waals surface area (Å²) >= 11 is 5.29. The Labute approximate surface area is 180 Å². The molecule has 0 spiro atoms. The fourth-order valence-electron chi connectivity index (χ4n) is 3.18. The smallest absolute Gasteiger partial charge is 0.270 e. The Kier molecular flexibility index (Phi) is 6.07. The molecule has 0 atom stereocenters. The first-order valence-corrected chi connectivity index (χ1v) is 9.50. The van der Waals surface area contributed by atoms with Gasteiger partial charge in [0.2, 0.25) is 0 Å². The van der Waals surface area contributed by atoms with E-state index in [0.29, 0.717) is 28.5 Å². The summed E-state index contributed by atoms with van der Waals surface area (Å²) in [5.74, 6) is 0.231. The van der Waals surface area contributed by atoms with Crippen molar-refractivity contribution >= 4 is 40.9 Å². The Balaban J connectivity index is 2.12. The van der Waals surface area contributed by atoms with Gasteiger partial charge in [-0.25, -0.2) is 0 Å². The van der Waals surface area contributed by atoms with Crippen molar-refractivity contribution in [3.8, 4) is 17.2 Å². The molecule has 3 rings (SSSR count). The second-order valence-corrected chi connectivity index (χ2v) is 7.01. The molecule has 1 saturated heterocycles. The molecule has 0 bridgehead atoms. The summed E-state index contributed by atoms with van der Waals surface area (Å²) in [4.78, 5) is 27.3. The predicted octanol–water partition coefficient (Wildman–Crippen LogP) is 3.16. The molecule has 2 aromatic carbocycles. The van der Waals surface area contributed by atoms with Gasteiger partial charge in [-0.1, -0.05) is 12.1 Å². The van der Waals surface area contributed by atoms with E-state index < -0.39 is 11.8 Å². The molecule has 8 heteroatoms. The molecule has 0 radical (unpaired) electrons. The number of carbonyl (C=O) groups is 2. The highest BCUT2D eigenvalue weighted by atomic mass is 32.1. The zero-order valence-corrected chi connectivity index (χ0v) is 18.2. The van der Waals surface area contributed by atoms with Gasteiger partial charge in [-0.15, -0.1) is 0 Å². The molecular formula is C22H22N2O5S. The molecule has 2 aromatic rings. The number of nitrogens with zero attached hydrogens (tertiary/aromatic N) is 1. The molecule has 30 heavy (non-hydrogen) atoms. The Hall–Kier alpha value is -3.39. The third kappa shape index (κ3) is 3.73. The van der Waals surface area contributed by atoms with Gasteiger partial charge in [0.25, 0.3) is 11.8 Å². The average molecular weight is 426 g/mol. The van der Waals surface area contributed by atoms with Crippen LogP contribution in [0.15, 0.2) is 35.9 Å². The van der Waals surface area contributed by atoms with E-state index in [0.717, 1.165) is 11.1 Å². The van der Waals surface area contributed by atoms with Crippen molar-refractivity contribution < 1.29 is 23.8 Å². The molecule has 1 heterocycles. The quantitative estimate of drug-likeness (QED) is 0.450. The zero-order chi connectivity index (χ0) is 22.0. The van der Waals surface area contributed by atoms with Crippen LogP contribution in [-0.2, 0) is 9.59 Å². The van der Waals surface area contributed by atoms with Crippen molar-refractivity contribution in [1.29, 1.82) is 0 Å². The average Bonchev–Trinajstić information content (AvgIpc) is 2.73. The van der Waals surface area contributed by atoms with Crippen LogP contribution in [0.2, 0.25) is 0 Å². The lowest BCUT2D eigenvalue weighted by Crippen LogP contribution is -2.54. The molecule has 0 aromatic heterocycles.